The van der Waals surface area contributed by atoms with Crippen LogP contribution in [0.2, 0.25) is 0 Å². The molecule has 1 aliphatic rings. The minimum atomic E-state index is -0.314. The van der Waals surface area contributed by atoms with E-state index in [2.05, 4.69) is 27.4 Å². The molecule has 1 aromatic heterocycles. The highest BCUT2D eigenvalue weighted by Crippen LogP contribution is 2.30. The van der Waals surface area contributed by atoms with Crippen LogP contribution in [0.5, 0.6) is 0 Å². The maximum Gasteiger partial charge on any atom is 0.337 e. The molecule has 3 aromatic rings. The normalized spacial score (nSPS) is 15.4. The number of esters is 1. The first kappa shape index (κ1) is 15.8. The predicted molar refractivity (Wildman–Crippen MR) is 97.6 cm³/mol. The molecule has 1 aliphatic heterocycles. The Kier molecular flexibility index (Phi) is 4.24. The average Bonchev–Trinajstić information content (AvgIpc) is 3.17. The number of methoxy groups -OCH3 is 1. The van der Waals surface area contributed by atoms with Gasteiger partial charge in [-0.15, -0.1) is 0 Å². The number of benzene rings is 2. The molecule has 0 radical (unpaired) electrons. The van der Waals surface area contributed by atoms with Crippen molar-refractivity contribution in [2.75, 3.05) is 20.2 Å². The van der Waals surface area contributed by atoms with Crippen LogP contribution in [0.3, 0.4) is 0 Å². The van der Waals surface area contributed by atoms with E-state index in [1.54, 1.807) is 0 Å². The molecule has 25 heavy (non-hydrogen) atoms. The van der Waals surface area contributed by atoms with E-state index in [-0.39, 0.29) is 5.97 Å². The van der Waals surface area contributed by atoms with Crippen LogP contribution in [0, 0.1) is 0 Å². The molecule has 0 bridgehead atoms. The van der Waals surface area contributed by atoms with Gasteiger partial charge in [0.1, 0.15) is 0 Å². The lowest BCUT2D eigenvalue weighted by atomic mass is 9.99. The molecular formula is C20H21N3O2. The first-order chi connectivity index (χ1) is 12.3. The Balaban J connectivity index is 1.71. The molecule has 0 aliphatic carbocycles. The summed E-state index contributed by atoms with van der Waals surface area (Å²) in [6.45, 7) is 2.09. The van der Waals surface area contributed by atoms with Crippen molar-refractivity contribution in [1.29, 1.82) is 0 Å². The molecule has 1 fully saturated rings. The highest BCUT2D eigenvalue weighted by atomic mass is 16.5. The summed E-state index contributed by atoms with van der Waals surface area (Å²) in [6, 6.07) is 12.3. The second kappa shape index (κ2) is 6.69. The van der Waals surface area contributed by atoms with E-state index >= 15 is 0 Å². The molecular weight excluding hydrogens is 314 g/mol. The fourth-order valence-corrected chi connectivity index (χ4v) is 3.53. The molecule has 0 amide bonds. The quantitative estimate of drug-likeness (QED) is 0.745. The Morgan fingerprint density at radius 3 is 2.88 bits per heavy atom. The van der Waals surface area contributed by atoms with Gasteiger partial charge in [0, 0.05) is 11.8 Å². The van der Waals surface area contributed by atoms with Crippen LogP contribution in [0.15, 0.2) is 48.8 Å². The number of piperidine rings is 1. The molecule has 4 rings (SSSR count). The van der Waals surface area contributed by atoms with E-state index in [0.717, 1.165) is 47.8 Å². The first-order valence-corrected chi connectivity index (χ1v) is 8.62. The van der Waals surface area contributed by atoms with Gasteiger partial charge in [-0.1, -0.05) is 24.3 Å². The van der Waals surface area contributed by atoms with Crippen molar-refractivity contribution < 1.29 is 9.53 Å². The second-order valence-corrected chi connectivity index (χ2v) is 6.42. The molecule has 5 heteroatoms. The summed E-state index contributed by atoms with van der Waals surface area (Å²) in [5.41, 5.74) is 2.81. The molecule has 2 heterocycles. The van der Waals surface area contributed by atoms with Gasteiger partial charge >= 0.3 is 5.97 Å². The molecule has 0 saturated carbocycles. The Bertz CT molecular complexity index is 910. The highest BCUT2D eigenvalue weighted by molar-refractivity contribution is 6.01. The summed E-state index contributed by atoms with van der Waals surface area (Å²) in [7, 11) is 1.40. The smallest absolute Gasteiger partial charge is 0.337 e. The van der Waals surface area contributed by atoms with E-state index in [4.69, 9.17) is 4.74 Å². The minimum Gasteiger partial charge on any atom is -0.465 e. The van der Waals surface area contributed by atoms with Crippen molar-refractivity contribution in [1.82, 2.24) is 15.1 Å². The fourth-order valence-electron chi connectivity index (χ4n) is 3.53. The summed E-state index contributed by atoms with van der Waals surface area (Å²) in [6.07, 6.45) is 6.29. The summed E-state index contributed by atoms with van der Waals surface area (Å²) in [4.78, 5) is 11.7. The van der Waals surface area contributed by atoms with Crippen molar-refractivity contribution >= 4 is 16.7 Å². The van der Waals surface area contributed by atoms with Crippen LogP contribution >= 0.6 is 0 Å². The molecule has 1 saturated heterocycles. The number of nitrogens with zero attached hydrogens (tertiary/aromatic N) is 2. The van der Waals surface area contributed by atoms with Gasteiger partial charge in [0.2, 0.25) is 0 Å². The number of rotatable bonds is 3. The Labute approximate surface area is 146 Å². The van der Waals surface area contributed by atoms with E-state index < -0.39 is 0 Å². The third kappa shape index (κ3) is 3.03. The van der Waals surface area contributed by atoms with E-state index in [0.29, 0.717) is 11.6 Å². The zero-order valence-corrected chi connectivity index (χ0v) is 14.2. The number of carbonyl (C=O) groups is 1. The third-order valence-corrected chi connectivity index (χ3v) is 4.90. The summed E-state index contributed by atoms with van der Waals surface area (Å²) >= 11 is 0. The molecule has 128 valence electrons. The topological polar surface area (TPSA) is 56.1 Å². The molecule has 0 spiro atoms. The monoisotopic (exact) mass is 335 g/mol. The highest BCUT2D eigenvalue weighted by Gasteiger charge is 2.16. The third-order valence-electron chi connectivity index (χ3n) is 4.90. The van der Waals surface area contributed by atoms with Crippen molar-refractivity contribution in [3.63, 3.8) is 0 Å². The van der Waals surface area contributed by atoms with Crippen molar-refractivity contribution in [3.05, 3.63) is 54.4 Å². The number of ether oxygens (including phenoxy) is 1. The molecule has 2 aromatic carbocycles. The van der Waals surface area contributed by atoms with Gasteiger partial charge in [-0.3, -0.25) is 4.68 Å². The van der Waals surface area contributed by atoms with Gasteiger partial charge in [-0.25, -0.2) is 4.79 Å². The van der Waals surface area contributed by atoms with Crippen LogP contribution in [0.4, 0.5) is 0 Å². The average molecular weight is 335 g/mol. The van der Waals surface area contributed by atoms with E-state index in [1.807, 2.05) is 36.5 Å². The van der Waals surface area contributed by atoms with Gasteiger partial charge in [-0.2, -0.15) is 5.10 Å². The number of hydrogen-bond acceptors (Lipinski definition) is 4. The van der Waals surface area contributed by atoms with Crippen LogP contribution in [-0.2, 0) is 4.74 Å². The number of carbonyl (C=O) groups excluding carboxylic acids is 1. The first-order valence-electron chi connectivity index (χ1n) is 8.62. The minimum absolute atomic E-state index is 0.314. The second-order valence-electron chi connectivity index (χ2n) is 6.42. The van der Waals surface area contributed by atoms with Crippen molar-refractivity contribution in [3.8, 4) is 11.1 Å². The van der Waals surface area contributed by atoms with Crippen LogP contribution in [0.1, 0.15) is 29.2 Å². The van der Waals surface area contributed by atoms with Crippen molar-refractivity contribution in [2.24, 2.45) is 0 Å². The van der Waals surface area contributed by atoms with Crippen molar-refractivity contribution in [2.45, 2.75) is 18.9 Å². The Morgan fingerprint density at radius 1 is 1.24 bits per heavy atom. The lowest BCUT2D eigenvalue weighted by molar-refractivity contribution is 0.0601. The lowest BCUT2D eigenvalue weighted by Crippen LogP contribution is -2.29. The van der Waals surface area contributed by atoms with Gasteiger partial charge in [0.05, 0.1) is 24.9 Å². The van der Waals surface area contributed by atoms with Crippen LogP contribution in [-0.4, -0.2) is 35.9 Å². The Hall–Kier alpha value is -2.66. The summed E-state index contributed by atoms with van der Waals surface area (Å²) in [5.74, 6) is -0.314. The predicted octanol–water partition coefficient (Wildman–Crippen LogP) is 3.41. The summed E-state index contributed by atoms with van der Waals surface area (Å²) in [5, 5.41) is 10.1. The summed E-state index contributed by atoms with van der Waals surface area (Å²) < 4.78 is 6.91. The molecule has 5 nitrogen and oxygen atoms in total. The van der Waals surface area contributed by atoms with E-state index in [1.165, 1.54) is 7.11 Å². The standard InChI is InChI=1S/C20H21N3O2/c1-25-20(24)15-5-6-19-14(11-15)3-2-4-18(19)16-12-22-23(13-16)17-7-9-21-10-8-17/h2-6,11-13,17,21H,7-10H2,1H3. The largest absolute Gasteiger partial charge is 0.465 e. The number of fused-ring (bicyclic) bond motifs is 1. The molecule has 0 atom stereocenters. The zero-order chi connectivity index (χ0) is 17.2. The van der Waals surface area contributed by atoms with Crippen LogP contribution < -0.4 is 5.32 Å². The number of aromatic nitrogens is 2. The fraction of sp³-hybridized carbons (Fsp3) is 0.300. The number of nitrogens with one attached hydrogen (secondary N) is 1. The molecule has 0 unspecified atom stereocenters. The Morgan fingerprint density at radius 2 is 2.08 bits per heavy atom. The van der Waals surface area contributed by atoms with Gasteiger partial charge in [0.15, 0.2) is 0 Å². The van der Waals surface area contributed by atoms with Gasteiger partial charge in [-0.05, 0) is 54.4 Å². The SMILES string of the molecule is COC(=O)c1ccc2c(-c3cnn(C4CCNCC4)c3)cccc2c1. The van der Waals surface area contributed by atoms with E-state index in [9.17, 15) is 4.79 Å². The van der Waals surface area contributed by atoms with Gasteiger partial charge < -0.3 is 10.1 Å². The molecule has 1 N–H and O–H groups in total. The maximum atomic E-state index is 11.7. The maximum absolute atomic E-state index is 11.7. The number of hydrogen-bond donors (Lipinski definition) is 1. The zero-order valence-electron chi connectivity index (χ0n) is 14.2. The van der Waals surface area contributed by atoms with Crippen LogP contribution in [0.25, 0.3) is 21.9 Å². The lowest BCUT2D eigenvalue weighted by Gasteiger charge is -2.22. The van der Waals surface area contributed by atoms with Gasteiger partial charge in [0.25, 0.3) is 0 Å².